The van der Waals surface area contributed by atoms with E-state index in [1.807, 2.05) is 62.7 Å². The van der Waals surface area contributed by atoms with Crippen molar-refractivity contribution in [1.29, 1.82) is 0 Å². The fraction of sp³-hybridized carbons (Fsp3) is 0.320. The molecule has 0 bridgehead atoms. The number of rotatable bonds is 8. The van der Waals surface area contributed by atoms with Gasteiger partial charge in [-0.25, -0.2) is 9.78 Å². The van der Waals surface area contributed by atoms with E-state index < -0.39 is 0 Å². The molecule has 0 aliphatic heterocycles. The molecule has 0 saturated carbocycles. The van der Waals surface area contributed by atoms with Crippen LogP contribution in [0.3, 0.4) is 0 Å². The van der Waals surface area contributed by atoms with Crippen molar-refractivity contribution in [1.82, 2.24) is 14.1 Å². The number of hydrogen-bond acceptors (Lipinski definition) is 4. The van der Waals surface area contributed by atoms with Crippen LogP contribution in [-0.4, -0.2) is 32.6 Å². The zero-order chi connectivity index (χ0) is 23.3. The highest BCUT2D eigenvalue weighted by molar-refractivity contribution is 6.03. The topological polar surface area (TPSA) is 78.2 Å². The molecule has 0 spiro atoms. The van der Waals surface area contributed by atoms with Crippen molar-refractivity contribution >= 4 is 23.6 Å². The highest BCUT2D eigenvalue weighted by Gasteiger charge is 2.22. The number of carbonyl (C=O) groups excluding carboxylic acids is 2. The highest BCUT2D eigenvalue weighted by Crippen LogP contribution is 2.25. The lowest BCUT2D eigenvalue weighted by molar-refractivity contribution is -0.111. The molecule has 0 saturated heterocycles. The van der Waals surface area contributed by atoms with E-state index >= 15 is 0 Å². The number of carbonyl (C=O) groups is 2. The third-order valence-corrected chi connectivity index (χ3v) is 5.53. The summed E-state index contributed by atoms with van der Waals surface area (Å²) in [6, 6.07) is 7.71. The Kier molecular flexibility index (Phi) is 7.30. The molecule has 32 heavy (non-hydrogen) atoms. The normalized spacial score (nSPS) is 11.2. The molecule has 0 unspecified atom stereocenters. The second-order valence-electron chi connectivity index (χ2n) is 7.55. The Morgan fingerprint density at radius 2 is 1.81 bits per heavy atom. The molecule has 168 valence electrons. The second kappa shape index (κ2) is 10.1. The van der Waals surface area contributed by atoms with Crippen LogP contribution in [0.25, 0.3) is 6.08 Å². The number of benzene rings is 1. The first-order chi connectivity index (χ1) is 15.3. The van der Waals surface area contributed by atoms with E-state index in [-0.39, 0.29) is 11.9 Å². The summed E-state index contributed by atoms with van der Waals surface area (Å²) in [7, 11) is 0. The minimum absolute atomic E-state index is 0.265. The number of anilines is 1. The van der Waals surface area contributed by atoms with Crippen LogP contribution in [-0.2, 0) is 22.6 Å². The maximum atomic E-state index is 12.5. The first-order valence-electron chi connectivity index (χ1n) is 10.8. The number of nitrogens with zero attached hydrogens (tertiary/aromatic N) is 3. The lowest BCUT2D eigenvalue weighted by Gasteiger charge is -2.07. The predicted molar refractivity (Wildman–Crippen MR) is 126 cm³/mol. The Hall–Kier alpha value is -3.61. The van der Waals surface area contributed by atoms with Crippen LogP contribution >= 0.6 is 0 Å². The van der Waals surface area contributed by atoms with Crippen molar-refractivity contribution < 1.29 is 14.3 Å². The van der Waals surface area contributed by atoms with Crippen LogP contribution in [0.4, 0.5) is 5.69 Å². The maximum Gasteiger partial charge on any atom is 0.340 e. The summed E-state index contributed by atoms with van der Waals surface area (Å²) in [5.74, 6) is 0.320. The maximum absolute atomic E-state index is 12.5. The lowest BCUT2D eigenvalue weighted by Crippen LogP contribution is -2.09. The van der Waals surface area contributed by atoms with Crippen LogP contribution in [0.15, 0.2) is 42.7 Å². The monoisotopic (exact) mass is 434 g/mol. The lowest BCUT2D eigenvalue weighted by atomic mass is 10.1. The molecule has 7 heteroatoms. The Bertz CT molecular complexity index is 1140. The quantitative estimate of drug-likeness (QED) is 0.418. The number of nitrogens with one attached hydrogen (secondary N) is 1. The summed E-state index contributed by atoms with van der Waals surface area (Å²) in [6.45, 7) is 11.4. The molecule has 0 radical (unpaired) electrons. The molecule has 0 aliphatic carbocycles. The minimum atomic E-state index is -0.371. The van der Waals surface area contributed by atoms with Crippen molar-refractivity contribution in [3.05, 3.63) is 76.6 Å². The van der Waals surface area contributed by atoms with E-state index in [0.717, 1.165) is 35.9 Å². The molecule has 3 rings (SSSR count). The van der Waals surface area contributed by atoms with Crippen molar-refractivity contribution in [3.63, 3.8) is 0 Å². The summed E-state index contributed by atoms with van der Waals surface area (Å²) in [5, 5.41) is 2.87. The number of aryl methyl sites for hydroxylation is 1. The van der Waals surface area contributed by atoms with Gasteiger partial charge in [-0.05, 0) is 58.4 Å². The van der Waals surface area contributed by atoms with Gasteiger partial charge >= 0.3 is 5.97 Å². The number of imidazole rings is 1. The third kappa shape index (κ3) is 4.99. The van der Waals surface area contributed by atoms with Gasteiger partial charge in [0.05, 0.1) is 12.2 Å². The third-order valence-electron chi connectivity index (χ3n) is 5.53. The molecule has 0 fully saturated rings. The summed E-state index contributed by atoms with van der Waals surface area (Å²) in [6.07, 6.45) is 6.86. The van der Waals surface area contributed by atoms with Gasteiger partial charge in [-0.15, -0.1) is 0 Å². The van der Waals surface area contributed by atoms with E-state index in [2.05, 4.69) is 14.9 Å². The van der Waals surface area contributed by atoms with Crippen molar-refractivity contribution in [2.75, 3.05) is 11.9 Å². The molecule has 7 nitrogen and oxygen atoms in total. The zero-order valence-corrected chi connectivity index (χ0v) is 19.3. The smallest absolute Gasteiger partial charge is 0.340 e. The molecule has 0 atom stereocenters. The molecule has 2 aromatic heterocycles. The van der Waals surface area contributed by atoms with E-state index in [1.165, 1.54) is 6.08 Å². The number of aromatic nitrogens is 3. The minimum Gasteiger partial charge on any atom is -0.462 e. The van der Waals surface area contributed by atoms with Gasteiger partial charge in [-0.1, -0.05) is 12.1 Å². The van der Waals surface area contributed by atoms with Gasteiger partial charge in [0.2, 0.25) is 5.91 Å². The van der Waals surface area contributed by atoms with Gasteiger partial charge < -0.3 is 19.2 Å². The summed E-state index contributed by atoms with van der Waals surface area (Å²) < 4.78 is 9.33. The molecule has 1 amide bonds. The van der Waals surface area contributed by atoms with Crippen molar-refractivity contribution in [2.45, 2.75) is 47.7 Å². The average molecular weight is 435 g/mol. The van der Waals surface area contributed by atoms with Crippen LogP contribution in [0, 0.1) is 20.8 Å². The number of amides is 1. The second-order valence-corrected chi connectivity index (χ2v) is 7.55. The van der Waals surface area contributed by atoms with Crippen LogP contribution in [0.2, 0.25) is 0 Å². The Morgan fingerprint density at radius 3 is 2.41 bits per heavy atom. The Morgan fingerprint density at radius 1 is 1.09 bits per heavy atom. The van der Waals surface area contributed by atoms with Gasteiger partial charge in [0, 0.05) is 54.2 Å². The Labute approximate surface area is 188 Å². The molecular formula is C25H30N4O3. The molecule has 1 N–H and O–H groups in total. The van der Waals surface area contributed by atoms with E-state index in [9.17, 15) is 9.59 Å². The van der Waals surface area contributed by atoms with Gasteiger partial charge in [0.25, 0.3) is 0 Å². The van der Waals surface area contributed by atoms with E-state index in [1.54, 1.807) is 19.2 Å². The van der Waals surface area contributed by atoms with Crippen LogP contribution < -0.4 is 5.32 Å². The van der Waals surface area contributed by atoms with E-state index in [4.69, 9.17) is 4.74 Å². The van der Waals surface area contributed by atoms with Gasteiger partial charge in [0.15, 0.2) is 0 Å². The molecular weight excluding hydrogens is 404 g/mol. The molecule has 0 aliphatic rings. The van der Waals surface area contributed by atoms with E-state index in [0.29, 0.717) is 23.4 Å². The van der Waals surface area contributed by atoms with Gasteiger partial charge in [-0.2, -0.15) is 0 Å². The van der Waals surface area contributed by atoms with Crippen molar-refractivity contribution in [3.8, 4) is 0 Å². The van der Waals surface area contributed by atoms with Crippen molar-refractivity contribution in [2.24, 2.45) is 0 Å². The highest BCUT2D eigenvalue weighted by atomic mass is 16.5. The predicted octanol–water partition coefficient (Wildman–Crippen LogP) is 4.51. The average Bonchev–Trinajstić information content (AvgIpc) is 3.27. The fourth-order valence-electron chi connectivity index (χ4n) is 3.85. The number of ether oxygens (including phenoxy) is 1. The summed E-state index contributed by atoms with van der Waals surface area (Å²) >= 11 is 0. The molecule has 2 heterocycles. The Balaban J connectivity index is 1.73. The summed E-state index contributed by atoms with van der Waals surface area (Å²) in [4.78, 5) is 29.2. The standard InChI is InChI=1S/C25H30N4O3/c1-6-29-17(3)22(24(18(29)4)25(31)32-7-2)12-13-23(30)27-21-10-8-20(9-11-21)16-28-15-14-26-19(28)5/h8-15H,6-7,16H2,1-5H3,(H,27,30)/b13-12+. The molecule has 3 aromatic rings. The van der Waals surface area contributed by atoms with Crippen LogP contribution in [0.1, 0.15) is 52.5 Å². The number of hydrogen-bond donors (Lipinski definition) is 1. The van der Waals surface area contributed by atoms with Gasteiger partial charge in [-0.3, -0.25) is 4.79 Å². The van der Waals surface area contributed by atoms with Gasteiger partial charge in [0.1, 0.15) is 5.82 Å². The largest absolute Gasteiger partial charge is 0.462 e. The molecule has 1 aromatic carbocycles. The SMILES string of the molecule is CCOC(=O)c1c(/C=C/C(=O)Nc2ccc(Cn3ccnc3C)cc2)c(C)n(CC)c1C. The van der Waals surface area contributed by atoms with Crippen LogP contribution in [0.5, 0.6) is 0 Å². The number of esters is 1. The first kappa shape index (κ1) is 23.1. The summed E-state index contributed by atoms with van der Waals surface area (Å²) in [5.41, 5.74) is 4.81. The zero-order valence-electron chi connectivity index (χ0n) is 19.3. The first-order valence-corrected chi connectivity index (χ1v) is 10.8. The fourth-order valence-corrected chi connectivity index (χ4v) is 3.85.